The Morgan fingerprint density at radius 3 is 2.50 bits per heavy atom. The van der Waals surface area contributed by atoms with Crippen molar-refractivity contribution in [2.24, 2.45) is 10.7 Å². The number of hydrogen-bond acceptors (Lipinski definition) is 4. The van der Waals surface area contributed by atoms with Gasteiger partial charge in [-0.3, -0.25) is 4.99 Å². The second kappa shape index (κ2) is 9.95. The number of benzene rings is 1. The predicted molar refractivity (Wildman–Crippen MR) is 109 cm³/mol. The van der Waals surface area contributed by atoms with E-state index in [1.165, 1.54) is 24.3 Å². The molecule has 0 saturated heterocycles. The summed E-state index contributed by atoms with van der Waals surface area (Å²) in [6.45, 7) is 4.65. The number of ether oxygens (including phenoxy) is 1. The van der Waals surface area contributed by atoms with Crippen LogP contribution in [-0.4, -0.2) is 23.9 Å². The number of nitrogens with two attached hydrogens (primary N) is 1. The number of nitrogens with zero attached hydrogens (tertiary/aromatic N) is 2. The molecule has 0 radical (unpaired) electrons. The van der Waals surface area contributed by atoms with E-state index in [1.807, 2.05) is 5.38 Å². The molecule has 0 fully saturated rings. The number of thiazole rings is 1. The van der Waals surface area contributed by atoms with Crippen molar-refractivity contribution in [3.05, 3.63) is 40.3 Å². The lowest BCUT2D eigenvalue weighted by molar-refractivity contribution is -0.274. The Labute approximate surface area is 170 Å². The van der Waals surface area contributed by atoms with Gasteiger partial charge in [0.05, 0.1) is 10.7 Å². The zero-order valence-corrected chi connectivity index (χ0v) is 17.4. The first-order valence-corrected chi connectivity index (χ1v) is 8.48. The van der Waals surface area contributed by atoms with Crippen molar-refractivity contribution in [3.8, 4) is 5.75 Å². The van der Waals surface area contributed by atoms with Crippen LogP contribution in [0, 0.1) is 0 Å². The van der Waals surface area contributed by atoms with Gasteiger partial charge in [-0.15, -0.1) is 48.5 Å². The lowest BCUT2D eigenvalue weighted by Gasteiger charge is -2.10. The molecule has 1 aromatic carbocycles. The Morgan fingerprint density at radius 2 is 1.96 bits per heavy atom. The summed E-state index contributed by atoms with van der Waals surface area (Å²) in [5.74, 6) is 0.292. The van der Waals surface area contributed by atoms with Gasteiger partial charge in [-0.1, -0.05) is 13.8 Å². The summed E-state index contributed by atoms with van der Waals surface area (Å²) < 4.78 is 40.1. The van der Waals surface area contributed by atoms with Gasteiger partial charge >= 0.3 is 6.36 Å². The molecule has 144 valence electrons. The lowest BCUT2D eigenvalue weighted by Crippen LogP contribution is -2.23. The second-order valence-corrected chi connectivity index (χ2v) is 6.44. The average molecular weight is 500 g/mol. The van der Waals surface area contributed by atoms with Gasteiger partial charge in [0.25, 0.3) is 0 Å². The molecule has 0 bridgehead atoms. The van der Waals surface area contributed by atoms with Crippen molar-refractivity contribution in [1.29, 1.82) is 0 Å². The minimum Gasteiger partial charge on any atom is -0.406 e. The van der Waals surface area contributed by atoms with Gasteiger partial charge in [0, 0.05) is 30.0 Å². The molecule has 1 aromatic heterocycles. The van der Waals surface area contributed by atoms with Gasteiger partial charge in [-0.2, -0.15) is 0 Å². The summed E-state index contributed by atoms with van der Waals surface area (Å²) in [6.07, 6.45) is -4.04. The number of guanidine groups is 1. The third kappa shape index (κ3) is 7.77. The van der Waals surface area contributed by atoms with Crippen molar-refractivity contribution in [3.63, 3.8) is 0 Å². The fraction of sp³-hybridized carbons (Fsp3) is 0.375. The molecule has 0 unspecified atom stereocenters. The van der Waals surface area contributed by atoms with Gasteiger partial charge in [0.15, 0.2) is 5.96 Å². The molecule has 2 rings (SSSR count). The van der Waals surface area contributed by atoms with Crippen LogP contribution in [0.15, 0.2) is 34.6 Å². The number of halogens is 4. The van der Waals surface area contributed by atoms with Gasteiger partial charge in [-0.05, 0) is 24.3 Å². The molecule has 0 spiro atoms. The highest BCUT2D eigenvalue weighted by Gasteiger charge is 2.30. The zero-order chi connectivity index (χ0) is 18.4. The quantitative estimate of drug-likeness (QED) is 0.341. The molecule has 1 heterocycles. The zero-order valence-electron chi connectivity index (χ0n) is 14.2. The molecule has 0 amide bonds. The Balaban J connectivity index is 0.00000338. The summed E-state index contributed by atoms with van der Waals surface area (Å²) in [5.41, 5.74) is 7.26. The van der Waals surface area contributed by atoms with Crippen molar-refractivity contribution in [2.75, 3.05) is 11.9 Å². The molecular formula is C16H20F3IN4OS. The smallest absolute Gasteiger partial charge is 0.406 e. The highest BCUT2D eigenvalue weighted by Crippen LogP contribution is 2.24. The van der Waals surface area contributed by atoms with Gasteiger partial charge in [0.1, 0.15) is 5.75 Å². The maximum atomic E-state index is 12.1. The van der Waals surface area contributed by atoms with E-state index in [9.17, 15) is 13.2 Å². The first-order valence-electron chi connectivity index (χ1n) is 7.60. The maximum Gasteiger partial charge on any atom is 0.573 e. The Hall–Kier alpha value is -1.56. The van der Waals surface area contributed by atoms with Crippen LogP contribution in [0.2, 0.25) is 0 Å². The fourth-order valence-corrected chi connectivity index (χ4v) is 2.79. The van der Waals surface area contributed by atoms with Crippen LogP contribution < -0.4 is 15.8 Å². The highest BCUT2D eigenvalue weighted by atomic mass is 127. The summed E-state index contributed by atoms with van der Waals surface area (Å²) in [6, 6.07) is 5.26. The Bertz CT molecular complexity index is 717. The number of alkyl halides is 3. The second-order valence-electron chi connectivity index (χ2n) is 5.55. The highest BCUT2D eigenvalue weighted by molar-refractivity contribution is 14.0. The first kappa shape index (κ1) is 22.5. The molecular weight excluding hydrogens is 480 g/mol. The molecule has 5 nitrogen and oxygen atoms in total. The van der Waals surface area contributed by atoms with E-state index in [-0.39, 0.29) is 35.7 Å². The fourth-order valence-electron chi connectivity index (χ4n) is 1.92. The maximum absolute atomic E-state index is 12.1. The molecule has 26 heavy (non-hydrogen) atoms. The topological polar surface area (TPSA) is 72.5 Å². The van der Waals surface area contributed by atoms with Crippen molar-refractivity contribution in [1.82, 2.24) is 4.98 Å². The first-order chi connectivity index (χ1) is 11.7. The van der Waals surface area contributed by atoms with E-state index in [0.717, 1.165) is 10.7 Å². The largest absolute Gasteiger partial charge is 0.573 e. The molecule has 2 aromatic rings. The van der Waals surface area contributed by atoms with Gasteiger partial charge in [-0.25, -0.2) is 4.98 Å². The van der Waals surface area contributed by atoms with Crippen LogP contribution in [0.5, 0.6) is 5.75 Å². The summed E-state index contributed by atoms with van der Waals surface area (Å²) in [4.78, 5) is 8.70. The van der Waals surface area contributed by atoms with Crippen molar-refractivity contribution in [2.45, 2.75) is 32.5 Å². The van der Waals surface area contributed by atoms with Crippen molar-refractivity contribution < 1.29 is 17.9 Å². The number of aliphatic imine (C=N–C) groups is 1. The normalized spacial score (nSPS) is 12.0. The van der Waals surface area contributed by atoms with Crippen LogP contribution >= 0.6 is 35.3 Å². The van der Waals surface area contributed by atoms with Gasteiger partial charge in [0.2, 0.25) is 0 Å². The predicted octanol–water partition coefficient (Wildman–Crippen LogP) is 4.75. The van der Waals surface area contributed by atoms with E-state index in [4.69, 9.17) is 5.73 Å². The van der Waals surface area contributed by atoms with Crippen molar-refractivity contribution >= 4 is 47.0 Å². The van der Waals surface area contributed by atoms with E-state index in [2.05, 4.69) is 33.9 Å². The van der Waals surface area contributed by atoms with E-state index in [1.54, 1.807) is 11.3 Å². The van der Waals surface area contributed by atoms with E-state index in [0.29, 0.717) is 24.6 Å². The van der Waals surface area contributed by atoms with Crippen LogP contribution in [0.3, 0.4) is 0 Å². The molecule has 3 N–H and O–H groups in total. The number of anilines is 1. The molecule has 0 atom stereocenters. The van der Waals surface area contributed by atoms with Crippen LogP contribution in [0.4, 0.5) is 18.9 Å². The van der Waals surface area contributed by atoms with E-state index < -0.39 is 6.36 Å². The third-order valence-corrected chi connectivity index (χ3v) is 4.27. The van der Waals surface area contributed by atoms with Crippen LogP contribution in [0.25, 0.3) is 0 Å². The van der Waals surface area contributed by atoms with Gasteiger partial charge < -0.3 is 15.8 Å². The number of nitrogens with one attached hydrogen (secondary N) is 1. The molecule has 0 aliphatic rings. The molecule has 0 aliphatic heterocycles. The summed E-state index contributed by atoms with van der Waals surface area (Å²) in [5, 5.41) is 5.91. The average Bonchev–Trinajstić information content (AvgIpc) is 2.97. The lowest BCUT2D eigenvalue weighted by atomic mass is 10.2. The summed E-state index contributed by atoms with van der Waals surface area (Å²) >= 11 is 1.63. The Morgan fingerprint density at radius 1 is 1.31 bits per heavy atom. The minimum atomic E-state index is -4.71. The summed E-state index contributed by atoms with van der Waals surface area (Å²) in [7, 11) is 0. The van der Waals surface area contributed by atoms with Crippen LogP contribution in [-0.2, 0) is 6.42 Å². The molecule has 10 heteroatoms. The van der Waals surface area contributed by atoms with Crippen LogP contribution in [0.1, 0.15) is 30.5 Å². The number of hydrogen-bond donors (Lipinski definition) is 2. The number of rotatable bonds is 6. The Kier molecular flexibility index (Phi) is 8.60. The number of aromatic nitrogens is 1. The SMILES string of the molecule is CC(C)c1nc(CCN=C(N)Nc2ccc(OC(F)(F)F)cc2)cs1.I. The minimum absolute atomic E-state index is 0. The van der Waals surface area contributed by atoms with E-state index >= 15 is 0 Å². The standard InChI is InChI=1S/C16H19F3N4OS.HI/c1-10(2)14-22-12(9-25-14)7-8-21-15(20)23-11-3-5-13(6-4-11)24-16(17,18)19;/h3-6,9-10H,7-8H2,1-2H3,(H3,20,21,23);1H. The third-order valence-electron chi connectivity index (χ3n) is 3.07. The molecule has 0 saturated carbocycles. The molecule has 0 aliphatic carbocycles. The monoisotopic (exact) mass is 500 g/mol.